The van der Waals surface area contributed by atoms with Gasteiger partial charge >= 0.3 is 0 Å². The van der Waals surface area contributed by atoms with E-state index in [0.717, 1.165) is 11.3 Å². The summed E-state index contributed by atoms with van der Waals surface area (Å²) in [5.74, 6) is -0.364. The second-order valence-electron chi connectivity index (χ2n) is 7.78. The monoisotopic (exact) mass is 484 g/mol. The van der Waals surface area contributed by atoms with Gasteiger partial charge in [0.25, 0.3) is 5.91 Å². The summed E-state index contributed by atoms with van der Waals surface area (Å²) in [6, 6.07) is 15.2. The van der Waals surface area contributed by atoms with Crippen molar-refractivity contribution in [1.82, 2.24) is 14.6 Å². The minimum absolute atomic E-state index is 0.000731. The van der Waals surface area contributed by atoms with E-state index >= 15 is 0 Å². The fourth-order valence-electron chi connectivity index (χ4n) is 3.63. The van der Waals surface area contributed by atoms with Crippen molar-refractivity contribution in [2.24, 2.45) is 0 Å². The van der Waals surface area contributed by atoms with Gasteiger partial charge in [-0.25, -0.2) is 18.1 Å². The SMILES string of the molecule is CC(=O)N1CCC(NS(=O)(=O)c2ccc(C(=O)Nc3nc(-c4ccccc4)cs3)cc2)CC1. The predicted molar refractivity (Wildman–Crippen MR) is 128 cm³/mol. The summed E-state index contributed by atoms with van der Waals surface area (Å²) in [6.07, 6.45) is 1.14. The number of nitrogens with zero attached hydrogens (tertiary/aromatic N) is 2. The van der Waals surface area contributed by atoms with Crippen molar-refractivity contribution in [2.75, 3.05) is 18.4 Å². The zero-order chi connectivity index (χ0) is 23.4. The third kappa shape index (κ3) is 5.65. The highest BCUT2D eigenvalue weighted by atomic mass is 32.2. The Bertz CT molecular complexity index is 1230. The molecule has 172 valence electrons. The first kappa shape index (κ1) is 23.1. The Labute approximate surface area is 196 Å². The van der Waals surface area contributed by atoms with Crippen molar-refractivity contribution in [3.8, 4) is 11.3 Å². The van der Waals surface area contributed by atoms with Crippen molar-refractivity contribution < 1.29 is 18.0 Å². The van der Waals surface area contributed by atoms with E-state index in [9.17, 15) is 18.0 Å². The molecule has 2 amide bonds. The lowest BCUT2D eigenvalue weighted by molar-refractivity contribution is -0.129. The van der Waals surface area contributed by atoms with E-state index in [4.69, 9.17) is 0 Å². The molecule has 0 bridgehead atoms. The molecular weight excluding hydrogens is 460 g/mol. The van der Waals surface area contributed by atoms with E-state index in [1.807, 2.05) is 35.7 Å². The first-order valence-corrected chi connectivity index (χ1v) is 12.9. The van der Waals surface area contributed by atoms with Gasteiger partial charge < -0.3 is 4.90 Å². The van der Waals surface area contributed by atoms with Gasteiger partial charge in [0.15, 0.2) is 5.13 Å². The lowest BCUT2D eigenvalue weighted by Crippen LogP contribution is -2.45. The molecule has 0 atom stereocenters. The van der Waals surface area contributed by atoms with E-state index in [2.05, 4.69) is 15.0 Å². The summed E-state index contributed by atoms with van der Waals surface area (Å²) >= 11 is 1.32. The molecule has 4 rings (SSSR count). The Morgan fingerprint density at radius 1 is 1.03 bits per heavy atom. The van der Waals surface area contributed by atoms with Gasteiger partial charge in [0.2, 0.25) is 15.9 Å². The number of carbonyl (C=O) groups excluding carboxylic acids is 2. The molecule has 1 fully saturated rings. The van der Waals surface area contributed by atoms with Crippen molar-refractivity contribution >= 4 is 38.3 Å². The second kappa shape index (κ2) is 9.82. The van der Waals surface area contributed by atoms with Gasteiger partial charge in [-0.1, -0.05) is 30.3 Å². The summed E-state index contributed by atoms with van der Waals surface area (Å²) in [6.45, 7) is 2.58. The molecule has 33 heavy (non-hydrogen) atoms. The smallest absolute Gasteiger partial charge is 0.257 e. The topological polar surface area (TPSA) is 108 Å². The normalized spacial score (nSPS) is 14.8. The highest BCUT2D eigenvalue weighted by Crippen LogP contribution is 2.25. The molecule has 1 saturated heterocycles. The maximum atomic E-state index is 12.7. The van der Waals surface area contributed by atoms with E-state index in [0.29, 0.717) is 36.6 Å². The van der Waals surface area contributed by atoms with Crippen LogP contribution in [0.1, 0.15) is 30.1 Å². The number of anilines is 1. The van der Waals surface area contributed by atoms with Crippen LogP contribution in [0.3, 0.4) is 0 Å². The van der Waals surface area contributed by atoms with Crippen LogP contribution in [0, 0.1) is 0 Å². The summed E-state index contributed by atoms with van der Waals surface area (Å²) < 4.78 is 28.2. The molecule has 3 aromatic rings. The number of nitrogens with one attached hydrogen (secondary N) is 2. The van der Waals surface area contributed by atoms with E-state index < -0.39 is 10.0 Å². The average Bonchev–Trinajstić information content (AvgIpc) is 3.28. The third-order valence-corrected chi connectivity index (χ3v) is 7.78. The highest BCUT2D eigenvalue weighted by Gasteiger charge is 2.25. The van der Waals surface area contributed by atoms with Crippen LogP contribution in [0.4, 0.5) is 5.13 Å². The molecule has 0 radical (unpaired) electrons. The Kier molecular flexibility index (Phi) is 6.87. The molecule has 0 spiro atoms. The first-order valence-electron chi connectivity index (χ1n) is 10.5. The van der Waals surface area contributed by atoms with Crippen LogP contribution in [0.2, 0.25) is 0 Å². The fourth-order valence-corrected chi connectivity index (χ4v) is 5.65. The molecule has 8 nitrogen and oxygen atoms in total. The molecular formula is C23H24N4O4S2. The van der Waals surface area contributed by atoms with Crippen LogP contribution >= 0.6 is 11.3 Å². The number of amides is 2. The standard InChI is InChI=1S/C23H24N4O4S2/c1-16(28)27-13-11-19(12-14-27)26-33(30,31)20-9-7-18(8-10-20)22(29)25-23-24-21(15-32-23)17-5-3-2-4-6-17/h2-10,15,19,26H,11-14H2,1H3,(H,24,25,29). The lowest BCUT2D eigenvalue weighted by atomic mass is 10.1. The molecule has 2 aromatic carbocycles. The molecule has 0 aliphatic carbocycles. The van der Waals surface area contributed by atoms with Gasteiger partial charge in [0.05, 0.1) is 10.6 Å². The Morgan fingerprint density at radius 2 is 1.70 bits per heavy atom. The van der Waals surface area contributed by atoms with Gasteiger partial charge in [-0.2, -0.15) is 0 Å². The molecule has 10 heteroatoms. The quantitative estimate of drug-likeness (QED) is 0.558. The first-order chi connectivity index (χ1) is 15.8. The highest BCUT2D eigenvalue weighted by molar-refractivity contribution is 7.89. The zero-order valence-corrected chi connectivity index (χ0v) is 19.7. The van der Waals surface area contributed by atoms with E-state index in [1.54, 1.807) is 4.90 Å². The molecule has 1 aliphatic rings. The van der Waals surface area contributed by atoms with Gasteiger partial charge in [-0.05, 0) is 37.1 Å². The number of sulfonamides is 1. The zero-order valence-electron chi connectivity index (χ0n) is 18.0. The predicted octanol–water partition coefficient (Wildman–Crippen LogP) is 3.35. The van der Waals surface area contributed by atoms with Crippen LogP contribution in [0.15, 0.2) is 64.9 Å². The lowest BCUT2D eigenvalue weighted by Gasteiger charge is -2.31. The molecule has 1 aromatic heterocycles. The third-order valence-electron chi connectivity index (χ3n) is 5.48. The van der Waals surface area contributed by atoms with E-state index in [-0.39, 0.29) is 22.8 Å². The van der Waals surface area contributed by atoms with Gasteiger partial charge in [-0.15, -0.1) is 11.3 Å². The van der Waals surface area contributed by atoms with Crippen LogP contribution in [0.5, 0.6) is 0 Å². The fraction of sp³-hybridized carbons (Fsp3) is 0.261. The Balaban J connectivity index is 1.37. The Morgan fingerprint density at radius 3 is 2.33 bits per heavy atom. The molecule has 2 heterocycles. The van der Waals surface area contributed by atoms with Crippen molar-refractivity contribution in [3.05, 3.63) is 65.5 Å². The number of benzene rings is 2. The number of hydrogen-bond donors (Lipinski definition) is 2. The van der Waals surface area contributed by atoms with Crippen molar-refractivity contribution in [1.29, 1.82) is 0 Å². The number of likely N-dealkylation sites (tertiary alicyclic amines) is 1. The summed E-state index contributed by atoms with van der Waals surface area (Å²) in [7, 11) is -3.72. The summed E-state index contributed by atoms with van der Waals surface area (Å²) in [5, 5.41) is 5.09. The molecule has 0 saturated carbocycles. The number of rotatable bonds is 6. The van der Waals surface area contributed by atoms with Gasteiger partial charge in [0, 0.05) is 42.6 Å². The van der Waals surface area contributed by atoms with Crippen LogP contribution in [-0.4, -0.2) is 49.2 Å². The van der Waals surface area contributed by atoms with Gasteiger partial charge in [-0.3, -0.25) is 14.9 Å². The second-order valence-corrected chi connectivity index (χ2v) is 10.4. The molecule has 1 aliphatic heterocycles. The maximum absolute atomic E-state index is 12.7. The van der Waals surface area contributed by atoms with Crippen molar-refractivity contribution in [3.63, 3.8) is 0 Å². The van der Waals surface area contributed by atoms with E-state index in [1.165, 1.54) is 42.5 Å². The summed E-state index contributed by atoms with van der Waals surface area (Å²) in [5.41, 5.74) is 2.07. The maximum Gasteiger partial charge on any atom is 0.257 e. The number of thiazole rings is 1. The van der Waals surface area contributed by atoms with Crippen molar-refractivity contribution in [2.45, 2.75) is 30.7 Å². The minimum atomic E-state index is -3.72. The number of piperidine rings is 1. The number of carbonyl (C=O) groups is 2. The average molecular weight is 485 g/mol. The minimum Gasteiger partial charge on any atom is -0.343 e. The largest absolute Gasteiger partial charge is 0.343 e. The number of hydrogen-bond acceptors (Lipinski definition) is 6. The van der Waals surface area contributed by atoms with Crippen LogP contribution in [0.25, 0.3) is 11.3 Å². The molecule has 0 unspecified atom stereocenters. The number of aromatic nitrogens is 1. The summed E-state index contributed by atoms with van der Waals surface area (Å²) in [4.78, 5) is 30.3. The van der Waals surface area contributed by atoms with Crippen LogP contribution < -0.4 is 10.0 Å². The molecule has 2 N–H and O–H groups in total. The van der Waals surface area contributed by atoms with Crippen LogP contribution in [-0.2, 0) is 14.8 Å². The Hall–Kier alpha value is -3.08. The van der Waals surface area contributed by atoms with Gasteiger partial charge in [0.1, 0.15) is 0 Å².